The van der Waals surface area contributed by atoms with Gasteiger partial charge in [-0.25, -0.2) is 0 Å². The molecule has 2 nitrogen and oxygen atoms in total. The topological polar surface area (TPSA) is 18.5 Å². The van der Waals surface area contributed by atoms with Gasteiger partial charge in [-0.3, -0.25) is 0 Å². The maximum absolute atomic E-state index is 6.14. The van der Waals surface area contributed by atoms with Gasteiger partial charge in [0, 0.05) is 12.7 Å². The second kappa shape index (κ2) is 11.5. The van der Waals surface area contributed by atoms with Crippen molar-refractivity contribution in [3.05, 3.63) is 12.3 Å². The van der Waals surface area contributed by atoms with Gasteiger partial charge < -0.3 is 8.85 Å². The summed E-state index contributed by atoms with van der Waals surface area (Å²) in [5.74, 6) is 0.659. The Morgan fingerprint density at radius 3 is 2.20 bits per heavy atom. The molecule has 0 heterocycles. The third-order valence-electron chi connectivity index (χ3n) is 3.50. The third-order valence-corrected chi connectivity index (χ3v) is 5.89. The summed E-state index contributed by atoms with van der Waals surface area (Å²) in [6.07, 6.45) is 9.09. The molecular weight excluding hydrogens is 264 g/mol. The summed E-state index contributed by atoms with van der Waals surface area (Å²) in [6.45, 7) is 15.7. The fraction of sp³-hybridized carbons (Fsp3) is 0.882. The third kappa shape index (κ3) is 10.6. The van der Waals surface area contributed by atoms with Gasteiger partial charge in [0.25, 0.3) is 0 Å². The summed E-state index contributed by atoms with van der Waals surface area (Å²) in [5.41, 5.74) is 1.92. The van der Waals surface area contributed by atoms with Crippen molar-refractivity contribution in [2.24, 2.45) is 5.92 Å². The molecule has 3 heteroatoms. The summed E-state index contributed by atoms with van der Waals surface area (Å²) < 4.78 is 12.2. The molecule has 0 fully saturated rings. The zero-order valence-corrected chi connectivity index (χ0v) is 15.4. The molecule has 20 heavy (non-hydrogen) atoms. The van der Waals surface area contributed by atoms with Gasteiger partial charge in [-0.05, 0) is 37.9 Å². The van der Waals surface area contributed by atoms with E-state index in [9.17, 15) is 0 Å². The second-order valence-corrected chi connectivity index (χ2v) is 9.36. The molecule has 0 N–H and O–H groups in total. The van der Waals surface area contributed by atoms with E-state index in [2.05, 4.69) is 40.8 Å². The average molecular weight is 301 g/mol. The number of hydrogen-bond donors (Lipinski definition) is 0. The zero-order chi connectivity index (χ0) is 15.4. The molecule has 0 aromatic rings. The van der Waals surface area contributed by atoms with Crippen molar-refractivity contribution in [3.63, 3.8) is 0 Å². The molecule has 2 unspecified atom stereocenters. The summed E-state index contributed by atoms with van der Waals surface area (Å²) in [6, 6.07) is 0. The first kappa shape index (κ1) is 19.9. The smallest absolute Gasteiger partial charge is 0.361 e. The first-order valence-electron chi connectivity index (χ1n) is 8.39. The molecule has 0 aromatic carbocycles. The molecule has 0 radical (unpaired) electrons. The van der Waals surface area contributed by atoms with Crippen LogP contribution in [0.25, 0.3) is 0 Å². The van der Waals surface area contributed by atoms with Crippen LogP contribution in [0.15, 0.2) is 12.3 Å². The predicted molar refractivity (Wildman–Crippen MR) is 91.1 cm³/mol. The number of rotatable bonds is 13. The molecule has 0 bridgehead atoms. The quantitative estimate of drug-likeness (QED) is 0.325. The van der Waals surface area contributed by atoms with Crippen molar-refractivity contribution in [3.8, 4) is 0 Å². The standard InChI is InChI=1S/C17H36O2Si/c1-7-9-10-11-12-13-14-18-20(6,8-2)19-17(5)15-16(3)4/h8,16-17H,2,7,9-15H2,1,3-6H3. The van der Waals surface area contributed by atoms with Crippen LogP contribution in [0.2, 0.25) is 6.55 Å². The van der Waals surface area contributed by atoms with Gasteiger partial charge in [-0.1, -0.05) is 52.9 Å². The van der Waals surface area contributed by atoms with E-state index in [1.165, 1.54) is 32.1 Å². The summed E-state index contributed by atoms with van der Waals surface area (Å²) in [4.78, 5) is 0. The monoisotopic (exact) mass is 300 g/mol. The van der Waals surface area contributed by atoms with Gasteiger partial charge in [-0.15, -0.1) is 6.58 Å². The van der Waals surface area contributed by atoms with Gasteiger partial charge in [0.05, 0.1) is 0 Å². The highest BCUT2D eigenvalue weighted by atomic mass is 28.4. The normalized spacial score (nSPS) is 16.1. The second-order valence-electron chi connectivity index (χ2n) is 6.39. The van der Waals surface area contributed by atoms with Crippen LogP contribution < -0.4 is 0 Å². The van der Waals surface area contributed by atoms with Crippen LogP contribution in [0.1, 0.15) is 72.6 Å². The van der Waals surface area contributed by atoms with Crippen LogP contribution in [0.3, 0.4) is 0 Å². The lowest BCUT2D eigenvalue weighted by Gasteiger charge is -2.28. The molecule has 0 rings (SSSR count). The lowest BCUT2D eigenvalue weighted by Crippen LogP contribution is -2.40. The molecule has 0 aromatic heterocycles. The van der Waals surface area contributed by atoms with Crippen molar-refractivity contribution in [2.45, 2.75) is 85.3 Å². The number of hydrogen-bond acceptors (Lipinski definition) is 2. The van der Waals surface area contributed by atoms with Crippen LogP contribution in [0.5, 0.6) is 0 Å². The minimum atomic E-state index is -2.16. The maximum atomic E-state index is 6.14. The van der Waals surface area contributed by atoms with Gasteiger partial charge in [-0.2, -0.15) is 0 Å². The predicted octanol–water partition coefficient (Wildman–Crippen LogP) is 5.61. The van der Waals surface area contributed by atoms with Gasteiger partial charge >= 0.3 is 8.56 Å². The van der Waals surface area contributed by atoms with E-state index in [-0.39, 0.29) is 6.10 Å². The summed E-state index contributed by atoms with van der Waals surface area (Å²) >= 11 is 0. The van der Waals surface area contributed by atoms with Crippen LogP contribution in [-0.2, 0) is 8.85 Å². The number of unbranched alkanes of at least 4 members (excludes halogenated alkanes) is 5. The van der Waals surface area contributed by atoms with E-state index in [1.807, 2.05) is 5.70 Å². The Kier molecular flexibility index (Phi) is 11.5. The Morgan fingerprint density at radius 2 is 1.65 bits per heavy atom. The van der Waals surface area contributed by atoms with Crippen LogP contribution >= 0.6 is 0 Å². The Hall–Kier alpha value is -0.123. The largest absolute Gasteiger partial charge is 0.391 e. The van der Waals surface area contributed by atoms with E-state index in [0.717, 1.165) is 19.4 Å². The molecule has 0 aliphatic heterocycles. The van der Waals surface area contributed by atoms with E-state index < -0.39 is 8.56 Å². The fourth-order valence-electron chi connectivity index (χ4n) is 2.41. The lowest BCUT2D eigenvalue weighted by molar-refractivity contribution is 0.119. The highest BCUT2D eigenvalue weighted by Crippen LogP contribution is 2.17. The Balaban J connectivity index is 3.85. The average Bonchev–Trinajstić information content (AvgIpc) is 2.36. The van der Waals surface area contributed by atoms with Crippen molar-refractivity contribution in [1.82, 2.24) is 0 Å². The molecule has 0 saturated heterocycles. The minimum Gasteiger partial charge on any atom is -0.391 e. The molecule has 0 aliphatic rings. The maximum Gasteiger partial charge on any atom is 0.361 e. The van der Waals surface area contributed by atoms with E-state index in [4.69, 9.17) is 8.85 Å². The molecule has 0 aliphatic carbocycles. The minimum absolute atomic E-state index is 0.259. The molecule has 0 spiro atoms. The molecule has 0 saturated carbocycles. The van der Waals surface area contributed by atoms with E-state index in [0.29, 0.717) is 5.92 Å². The van der Waals surface area contributed by atoms with Crippen LogP contribution in [-0.4, -0.2) is 21.3 Å². The van der Waals surface area contributed by atoms with Crippen LogP contribution in [0.4, 0.5) is 0 Å². The fourth-order valence-corrected chi connectivity index (χ4v) is 4.14. The first-order valence-corrected chi connectivity index (χ1v) is 10.8. The molecule has 0 amide bonds. The SMILES string of the molecule is C=C[Si](C)(OCCCCCCCC)OC(C)CC(C)C. The zero-order valence-electron chi connectivity index (χ0n) is 14.4. The van der Waals surface area contributed by atoms with Crippen molar-refractivity contribution < 1.29 is 8.85 Å². The van der Waals surface area contributed by atoms with Gasteiger partial charge in [0.1, 0.15) is 0 Å². The summed E-state index contributed by atoms with van der Waals surface area (Å²) in [7, 11) is -2.16. The Bertz CT molecular complexity index is 243. The lowest BCUT2D eigenvalue weighted by atomic mass is 10.1. The highest BCUT2D eigenvalue weighted by Gasteiger charge is 2.29. The van der Waals surface area contributed by atoms with E-state index in [1.54, 1.807) is 0 Å². The van der Waals surface area contributed by atoms with E-state index >= 15 is 0 Å². The Labute approximate surface area is 128 Å². The van der Waals surface area contributed by atoms with Gasteiger partial charge in [0.15, 0.2) is 0 Å². The molecular formula is C17H36O2Si. The van der Waals surface area contributed by atoms with Crippen molar-refractivity contribution >= 4 is 8.56 Å². The molecule has 2 atom stereocenters. The van der Waals surface area contributed by atoms with Crippen molar-refractivity contribution in [2.75, 3.05) is 6.61 Å². The van der Waals surface area contributed by atoms with Gasteiger partial charge in [0.2, 0.25) is 0 Å². The summed E-state index contributed by atoms with van der Waals surface area (Å²) in [5, 5.41) is 0. The molecule has 120 valence electrons. The Morgan fingerprint density at radius 1 is 1.05 bits per heavy atom. The first-order chi connectivity index (χ1) is 9.43. The highest BCUT2D eigenvalue weighted by molar-refractivity contribution is 6.71. The van der Waals surface area contributed by atoms with Crippen molar-refractivity contribution in [1.29, 1.82) is 0 Å². The van der Waals surface area contributed by atoms with Crippen LogP contribution in [0, 0.1) is 5.92 Å².